The molecule has 2 N–H and O–H groups in total. The SMILES string of the molecule is c1cc(-c2ccc3nc([C@@H]4CCCN4)[nH]c3c2)ccn1. The lowest BCUT2D eigenvalue weighted by Crippen LogP contribution is -2.13. The molecule has 0 unspecified atom stereocenters. The van der Waals surface area contributed by atoms with E-state index in [1.807, 2.05) is 24.5 Å². The van der Waals surface area contributed by atoms with Crippen molar-refractivity contribution in [1.82, 2.24) is 20.3 Å². The lowest BCUT2D eigenvalue weighted by molar-refractivity contribution is 0.614. The van der Waals surface area contributed by atoms with E-state index in [4.69, 9.17) is 4.98 Å². The minimum absolute atomic E-state index is 0.381. The highest BCUT2D eigenvalue weighted by Gasteiger charge is 2.19. The molecular weight excluding hydrogens is 248 g/mol. The molecule has 1 aliphatic heterocycles. The van der Waals surface area contributed by atoms with Gasteiger partial charge in [-0.1, -0.05) is 6.07 Å². The minimum Gasteiger partial charge on any atom is -0.341 e. The molecule has 100 valence electrons. The number of rotatable bonds is 2. The fourth-order valence-electron chi connectivity index (χ4n) is 2.84. The molecule has 3 heterocycles. The maximum absolute atomic E-state index is 4.70. The van der Waals surface area contributed by atoms with E-state index in [9.17, 15) is 0 Å². The summed E-state index contributed by atoms with van der Waals surface area (Å²) in [5.74, 6) is 1.06. The van der Waals surface area contributed by atoms with Crippen molar-refractivity contribution in [2.75, 3.05) is 6.54 Å². The van der Waals surface area contributed by atoms with Crippen molar-refractivity contribution in [3.8, 4) is 11.1 Å². The van der Waals surface area contributed by atoms with Crippen LogP contribution >= 0.6 is 0 Å². The van der Waals surface area contributed by atoms with Gasteiger partial charge in [0.2, 0.25) is 0 Å². The van der Waals surface area contributed by atoms with Gasteiger partial charge in [0, 0.05) is 12.4 Å². The quantitative estimate of drug-likeness (QED) is 0.748. The number of nitrogens with zero attached hydrogens (tertiary/aromatic N) is 2. The average molecular weight is 264 g/mol. The molecule has 4 nitrogen and oxygen atoms in total. The summed E-state index contributed by atoms with van der Waals surface area (Å²) in [4.78, 5) is 12.2. The Balaban J connectivity index is 1.76. The number of nitrogens with one attached hydrogen (secondary N) is 2. The Morgan fingerprint density at radius 2 is 1.95 bits per heavy atom. The van der Waals surface area contributed by atoms with Crippen molar-refractivity contribution in [2.45, 2.75) is 18.9 Å². The van der Waals surface area contributed by atoms with Gasteiger partial charge in [-0.05, 0) is 54.8 Å². The molecule has 1 fully saturated rings. The van der Waals surface area contributed by atoms with E-state index in [0.717, 1.165) is 29.8 Å². The summed E-state index contributed by atoms with van der Waals surface area (Å²) in [5, 5.41) is 3.48. The fourth-order valence-corrected chi connectivity index (χ4v) is 2.84. The number of hydrogen-bond donors (Lipinski definition) is 2. The number of benzene rings is 1. The first kappa shape index (κ1) is 11.6. The van der Waals surface area contributed by atoms with Gasteiger partial charge < -0.3 is 10.3 Å². The van der Waals surface area contributed by atoms with Gasteiger partial charge in [-0.25, -0.2) is 4.98 Å². The Labute approximate surface area is 117 Å². The van der Waals surface area contributed by atoms with Crippen molar-refractivity contribution >= 4 is 11.0 Å². The third-order valence-corrected chi connectivity index (χ3v) is 3.90. The largest absolute Gasteiger partial charge is 0.341 e. The molecule has 0 amide bonds. The Hall–Kier alpha value is -2.20. The van der Waals surface area contributed by atoms with E-state index in [-0.39, 0.29) is 0 Å². The average Bonchev–Trinajstić information content (AvgIpc) is 3.16. The monoisotopic (exact) mass is 264 g/mol. The topological polar surface area (TPSA) is 53.6 Å². The van der Waals surface area contributed by atoms with Crippen molar-refractivity contribution in [3.63, 3.8) is 0 Å². The summed E-state index contributed by atoms with van der Waals surface area (Å²) in [6.07, 6.45) is 6.03. The van der Waals surface area contributed by atoms with E-state index in [1.165, 1.54) is 17.5 Å². The molecule has 1 aliphatic rings. The zero-order valence-electron chi connectivity index (χ0n) is 11.1. The molecule has 0 saturated carbocycles. The molecule has 1 atom stereocenters. The predicted octanol–water partition coefficient (Wildman–Crippen LogP) is 3.05. The molecule has 4 rings (SSSR count). The molecule has 0 spiro atoms. The van der Waals surface area contributed by atoms with Crippen LogP contribution in [0.2, 0.25) is 0 Å². The van der Waals surface area contributed by atoms with Crippen LogP contribution < -0.4 is 5.32 Å². The van der Waals surface area contributed by atoms with Crippen LogP contribution in [0.1, 0.15) is 24.7 Å². The summed E-state index contributed by atoms with van der Waals surface area (Å²) in [6, 6.07) is 10.8. The number of fused-ring (bicyclic) bond motifs is 1. The second kappa shape index (κ2) is 4.72. The molecule has 1 saturated heterocycles. The van der Waals surface area contributed by atoms with Gasteiger partial charge in [0.15, 0.2) is 0 Å². The number of aromatic nitrogens is 3. The van der Waals surface area contributed by atoms with Crippen LogP contribution in [0.15, 0.2) is 42.7 Å². The summed E-state index contributed by atoms with van der Waals surface area (Å²) < 4.78 is 0. The maximum Gasteiger partial charge on any atom is 0.124 e. The Morgan fingerprint density at radius 3 is 2.75 bits per heavy atom. The standard InChI is InChI=1S/C16H16N4/c1-2-14(18-7-1)16-19-13-4-3-12(10-15(13)20-16)11-5-8-17-9-6-11/h3-6,8-10,14,18H,1-2,7H2,(H,19,20)/t14-/m0/s1. The van der Waals surface area contributed by atoms with Gasteiger partial charge in [0.1, 0.15) is 5.82 Å². The third kappa shape index (κ3) is 1.98. The molecule has 0 bridgehead atoms. The summed E-state index contributed by atoms with van der Waals surface area (Å²) in [7, 11) is 0. The van der Waals surface area contributed by atoms with Crippen LogP contribution in [-0.2, 0) is 0 Å². The molecule has 3 aromatic rings. The van der Waals surface area contributed by atoms with Gasteiger partial charge in [-0.15, -0.1) is 0 Å². The highest BCUT2D eigenvalue weighted by molar-refractivity contribution is 5.81. The van der Waals surface area contributed by atoms with Crippen LogP contribution in [-0.4, -0.2) is 21.5 Å². The molecule has 1 aromatic carbocycles. The van der Waals surface area contributed by atoms with Crippen LogP contribution in [0, 0.1) is 0 Å². The smallest absolute Gasteiger partial charge is 0.124 e. The highest BCUT2D eigenvalue weighted by Crippen LogP contribution is 2.26. The molecular formula is C16H16N4. The molecule has 20 heavy (non-hydrogen) atoms. The Kier molecular flexibility index (Phi) is 2.74. The van der Waals surface area contributed by atoms with Crippen molar-refractivity contribution < 1.29 is 0 Å². The molecule has 0 aliphatic carbocycles. The van der Waals surface area contributed by atoms with Gasteiger partial charge in [-0.2, -0.15) is 0 Å². The fraction of sp³-hybridized carbons (Fsp3) is 0.250. The van der Waals surface area contributed by atoms with Gasteiger partial charge in [-0.3, -0.25) is 4.98 Å². The second-order valence-corrected chi connectivity index (χ2v) is 5.24. The van der Waals surface area contributed by atoms with Gasteiger partial charge >= 0.3 is 0 Å². The van der Waals surface area contributed by atoms with E-state index in [2.05, 4.69) is 33.5 Å². The van der Waals surface area contributed by atoms with Crippen LogP contribution in [0.3, 0.4) is 0 Å². The molecule has 4 heteroatoms. The second-order valence-electron chi connectivity index (χ2n) is 5.24. The predicted molar refractivity (Wildman–Crippen MR) is 79.3 cm³/mol. The Bertz CT molecular complexity index is 727. The first-order valence-corrected chi connectivity index (χ1v) is 7.03. The highest BCUT2D eigenvalue weighted by atomic mass is 15.0. The first-order valence-electron chi connectivity index (χ1n) is 7.03. The minimum atomic E-state index is 0.381. The lowest BCUT2D eigenvalue weighted by Gasteiger charge is -2.04. The van der Waals surface area contributed by atoms with Crippen molar-refractivity contribution in [2.24, 2.45) is 0 Å². The van der Waals surface area contributed by atoms with Crippen molar-refractivity contribution in [3.05, 3.63) is 48.5 Å². The van der Waals surface area contributed by atoms with Crippen LogP contribution in [0.25, 0.3) is 22.2 Å². The van der Waals surface area contributed by atoms with Crippen molar-refractivity contribution in [1.29, 1.82) is 0 Å². The number of aromatic amines is 1. The Morgan fingerprint density at radius 1 is 1.05 bits per heavy atom. The lowest BCUT2D eigenvalue weighted by atomic mass is 10.1. The number of imidazole rings is 1. The summed E-state index contributed by atoms with van der Waals surface area (Å²) in [6.45, 7) is 1.09. The van der Waals surface area contributed by atoms with Gasteiger partial charge in [0.25, 0.3) is 0 Å². The van der Waals surface area contributed by atoms with E-state index < -0.39 is 0 Å². The first-order chi connectivity index (χ1) is 9.90. The van der Waals surface area contributed by atoms with E-state index in [0.29, 0.717) is 6.04 Å². The van der Waals surface area contributed by atoms with Crippen LogP contribution in [0.5, 0.6) is 0 Å². The van der Waals surface area contributed by atoms with E-state index in [1.54, 1.807) is 0 Å². The number of H-pyrrole nitrogens is 1. The normalized spacial score (nSPS) is 18.7. The van der Waals surface area contributed by atoms with E-state index >= 15 is 0 Å². The molecule has 2 aromatic heterocycles. The third-order valence-electron chi connectivity index (χ3n) is 3.90. The maximum atomic E-state index is 4.70. The number of pyridine rings is 1. The number of hydrogen-bond acceptors (Lipinski definition) is 3. The summed E-state index contributed by atoms with van der Waals surface area (Å²) >= 11 is 0. The zero-order valence-corrected chi connectivity index (χ0v) is 11.1. The van der Waals surface area contributed by atoms with Gasteiger partial charge in [0.05, 0.1) is 17.1 Å². The molecule has 0 radical (unpaired) electrons. The van der Waals surface area contributed by atoms with Crippen LogP contribution in [0.4, 0.5) is 0 Å². The zero-order chi connectivity index (χ0) is 13.4. The summed E-state index contributed by atoms with van der Waals surface area (Å²) in [5.41, 5.74) is 4.50.